The molecule has 1 aliphatic heterocycles. The van der Waals surface area contributed by atoms with E-state index in [0.29, 0.717) is 5.91 Å². The molecule has 1 heterocycles. The van der Waals surface area contributed by atoms with Gasteiger partial charge in [-0.05, 0) is 38.5 Å². The third-order valence-corrected chi connectivity index (χ3v) is 4.56. The molecule has 1 amide bonds. The van der Waals surface area contributed by atoms with Gasteiger partial charge in [0.05, 0.1) is 6.61 Å². The van der Waals surface area contributed by atoms with Gasteiger partial charge in [0.25, 0.3) is 0 Å². The number of likely N-dealkylation sites (tertiary alicyclic amines) is 1. The molecule has 2 rings (SSSR count). The van der Waals surface area contributed by atoms with Crippen molar-refractivity contribution in [3.63, 3.8) is 0 Å². The van der Waals surface area contributed by atoms with E-state index in [9.17, 15) is 9.90 Å². The van der Waals surface area contributed by atoms with Gasteiger partial charge in [-0.25, -0.2) is 0 Å². The number of carbonyl (C=O) groups is 1. The molecule has 1 saturated heterocycles. The maximum absolute atomic E-state index is 12.4. The average molecular weight is 254 g/mol. The van der Waals surface area contributed by atoms with Crippen molar-refractivity contribution in [2.24, 2.45) is 11.7 Å². The number of rotatable bonds is 2. The quantitative estimate of drug-likeness (QED) is 0.780. The van der Waals surface area contributed by atoms with Crippen molar-refractivity contribution in [3.05, 3.63) is 0 Å². The van der Waals surface area contributed by atoms with Crippen LogP contribution in [0.5, 0.6) is 0 Å². The van der Waals surface area contributed by atoms with Gasteiger partial charge < -0.3 is 15.7 Å². The van der Waals surface area contributed by atoms with Crippen LogP contribution in [0.15, 0.2) is 0 Å². The summed E-state index contributed by atoms with van der Waals surface area (Å²) >= 11 is 0. The second-order valence-electron chi connectivity index (χ2n) is 6.03. The number of aliphatic hydroxyl groups is 1. The normalized spacial score (nSPS) is 34.1. The van der Waals surface area contributed by atoms with E-state index >= 15 is 0 Å². The second-order valence-corrected chi connectivity index (χ2v) is 6.03. The lowest BCUT2D eigenvalue weighted by Crippen LogP contribution is -2.49. The molecule has 0 aromatic rings. The summed E-state index contributed by atoms with van der Waals surface area (Å²) in [4.78, 5) is 14.5. The highest BCUT2D eigenvalue weighted by Crippen LogP contribution is 2.31. The van der Waals surface area contributed by atoms with Crippen molar-refractivity contribution in [1.29, 1.82) is 0 Å². The van der Waals surface area contributed by atoms with Gasteiger partial charge in [-0.1, -0.05) is 12.8 Å². The molecule has 4 heteroatoms. The van der Waals surface area contributed by atoms with Crippen molar-refractivity contribution in [3.8, 4) is 0 Å². The number of amides is 1. The fraction of sp³-hybridized carbons (Fsp3) is 0.929. The first-order valence-corrected chi connectivity index (χ1v) is 7.33. The van der Waals surface area contributed by atoms with E-state index < -0.39 is 5.54 Å². The maximum atomic E-state index is 12.4. The van der Waals surface area contributed by atoms with E-state index in [0.717, 1.165) is 51.6 Å². The van der Waals surface area contributed by atoms with Crippen LogP contribution in [0.1, 0.15) is 51.4 Å². The number of aliphatic hydroxyl groups excluding tert-OH is 1. The molecule has 0 unspecified atom stereocenters. The molecule has 0 atom stereocenters. The summed E-state index contributed by atoms with van der Waals surface area (Å²) in [7, 11) is 0. The van der Waals surface area contributed by atoms with Gasteiger partial charge in [-0.3, -0.25) is 4.79 Å². The van der Waals surface area contributed by atoms with E-state index in [-0.39, 0.29) is 12.5 Å². The summed E-state index contributed by atoms with van der Waals surface area (Å²) in [5.41, 5.74) is 5.61. The van der Waals surface area contributed by atoms with Crippen LogP contribution in [-0.4, -0.2) is 41.1 Å². The van der Waals surface area contributed by atoms with Crippen LogP contribution in [-0.2, 0) is 4.79 Å². The fourth-order valence-electron chi connectivity index (χ4n) is 3.15. The molecule has 0 aromatic heterocycles. The molecule has 18 heavy (non-hydrogen) atoms. The SMILES string of the molecule is NC1(CO)CCC(C(=O)N2CCCCCC2)CC1. The fourth-order valence-corrected chi connectivity index (χ4v) is 3.15. The molecule has 4 nitrogen and oxygen atoms in total. The first kappa shape index (κ1) is 13.8. The average Bonchev–Trinajstić information content (AvgIpc) is 2.68. The zero-order chi connectivity index (χ0) is 13.0. The zero-order valence-corrected chi connectivity index (χ0v) is 11.2. The first-order valence-electron chi connectivity index (χ1n) is 7.33. The lowest BCUT2D eigenvalue weighted by atomic mass is 9.77. The summed E-state index contributed by atoms with van der Waals surface area (Å²) in [5, 5.41) is 9.24. The van der Waals surface area contributed by atoms with Gasteiger partial charge in [0.15, 0.2) is 0 Å². The Kier molecular flexibility index (Phi) is 4.62. The summed E-state index contributed by atoms with van der Waals surface area (Å²) in [5.74, 6) is 0.475. The highest BCUT2D eigenvalue weighted by Gasteiger charge is 2.35. The van der Waals surface area contributed by atoms with Crippen LogP contribution in [0.3, 0.4) is 0 Å². The molecule has 2 fully saturated rings. The number of nitrogens with two attached hydrogens (primary N) is 1. The van der Waals surface area contributed by atoms with Crippen molar-refractivity contribution in [2.75, 3.05) is 19.7 Å². The predicted octanol–water partition coefficient (Wildman–Crippen LogP) is 1.27. The molecule has 0 aromatic carbocycles. The third kappa shape index (κ3) is 3.23. The Bertz CT molecular complexity index is 278. The van der Waals surface area contributed by atoms with Gasteiger partial charge in [0, 0.05) is 24.5 Å². The minimum absolute atomic E-state index is 0.0393. The second kappa shape index (κ2) is 6.02. The topological polar surface area (TPSA) is 66.6 Å². The smallest absolute Gasteiger partial charge is 0.225 e. The summed E-state index contributed by atoms with van der Waals surface area (Å²) in [6, 6.07) is 0. The van der Waals surface area contributed by atoms with E-state index in [1.165, 1.54) is 12.8 Å². The van der Waals surface area contributed by atoms with Gasteiger partial charge >= 0.3 is 0 Å². The van der Waals surface area contributed by atoms with Gasteiger partial charge in [0.1, 0.15) is 0 Å². The van der Waals surface area contributed by atoms with Gasteiger partial charge in [0.2, 0.25) is 5.91 Å². The van der Waals surface area contributed by atoms with Crippen LogP contribution in [0.4, 0.5) is 0 Å². The summed E-state index contributed by atoms with van der Waals surface area (Å²) in [6.45, 7) is 1.91. The van der Waals surface area contributed by atoms with Gasteiger partial charge in [-0.2, -0.15) is 0 Å². The van der Waals surface area contributed by atoms with Crippen molar-refractivity contribution >= 4 is 5.91 Å². The van der Waals surface area contributed by atoms with E-state index in [4.69, 9.17) is 5.73 Å². The third-order valence-electron chi connectivity index (χ3n) is 4.56. The Morgan fingerprint density at radius 2 is 1.72 bits per heavy atom. The lowest BCUT2D eigenvalue weighted by Gasteiger charge is -2.36. The van der Waals surface area contributed by atoms with Crippen LogP contribution in [0.2, 0.25) is 0 Å². The highest BCUT2D eigenvalue weighted by molar-refractivity contribution is 5.79. The van der Waals surface area contributed by atoms with Crippen molar-refractivity contribution in [1.82, 2.24) is 4.90 Å². The zero-order valence-electron chi connectivity index (χ0n) is 11.2. The summed E-state index contributed by atoms with van der Waals surface area (Å²) < 4.78 is 0. The maximum Gasteiger partial charge on any atom is 0.225 e. The van der Waals surface area contributed by atoms with Crippen LogP contribution < -0.4 is 5.73 Å². The predicted molar refractivity (Wildman–Crippen MR) is 71.0 cm³/mol. The van der Waals surface area contributed by atoms with E-state index in [2.05, 4.69) is 4.90 Å². The molecular weight excluding hydrogens is 228 g/mol. The van der Waals surface area contributed by atoms with E-state index in [1.807, 2.05) is 0 Å². The molecule has 0 spiro atoms. The number of carbonyl (C=O) groups excluding carboxylic acids is 1. The minimum Gasteiger partial charge on any atom is -0.394 e. The molecular formula is C14H26N2O2. The largest absolute Gasteiger partial charge is 0.394 e. The Morgan fingerprint density at radius 1 is 1.17 bits per heavy atom. The molecule has 0 radical (unpaired) electrons. The Labute approximate surface area is 110 Å². The van der Waals surface area contributed by atoms with Crippen LogP contribution in [0.25, 0.3) is 0 Å². The molecule has 0 bridgehead atoms. The lowest BCUT2D eigenvalue weighted by molar-refractivity contribution is -0.137. The van der Waals surface area contributed by atoms with E-state index in [1.54, 1.807) is 0 Å². The molecule has 104 valence electrons. The Morgan fingerprint density at radius 3 is 2.22 bits per heavy atom. The monoisotopic (exact) mass is 254 g/mol. The number of hydrogen-bond acceptors (Lipinski definition) is 3. The number of hydrogen-bond donors (Lipinski definition) is 2. The standard InChI is InChI=1S/C14H26N2O2/c15-14(11-17)7-5-12(6-8-14)13(18)16-9-3-1-2-4-10-16/h12,17H,1-11,15H2. The molecule has 2 aliphatic rings. The minimum atomic E-state index is -0.435. The number of nitrogens with zero attached hydrogens (tertiary/aromatic N) is 1. The summed E-state index contributed by atoms with van der Waals surface area (Å²) in [6.07, 6.45) is 8.03. The Balaban J connectivity index is 1.86. The van der Waals surface area contributed by atoms with Crippen molar-refractivity contribution < 1.29 is 9.90 Å². The molecule has 3 N–H and O–H groups in total. The molecule has 1 saturated carbocycles. The van der Waals surface area contributed by atoms with Gasteiger partial charge in [-0.15, -0.1) is 0 Å². The Hall–Kier alpha value is -0.610. The van der Waals surface area contributed by atoms with Crippen LogP contribution in [0, 0.1) is 5.92 Å². The molecule has 1 aliphatic carbocycles. The first-order chi connectivity index (χ1) is 8.64. The van der Waals surface area contributed by atoms with Crippen LogP contribution >= 0.6 is 0 Å². The van der Waals surface area contributed by atoms with Crippen molar-refractivity contribution in [2.45, 2.75) is 56.9 Å². The highest BCUT2D eigenvalue weighted by atomic mass is 16.3.